The van der Waals surface area contributed by atoms with Gasteiger partial charge in [0, 0.05) is 35.4 Å². The van der Waals surface area contributed by atoms with Crippen LogP contribution in [-0.2, 0) is 13.0 Å². The van der Waals surface area contributed by atoms with Crippen molar-refractivity contribution in [2.75, 3.05) is 0 Å². The van der Waals surface area contributed by atoms with Crippen LogP contribution in [0.2, 0.25) is 0 Å². The molecule has 5 aromatic rings. The number of fused-ring (bicyclic) bond motifs is 3. The summed E-state index contributed by atoms with van der Waals surface area (Å²) in [6, 6.07) is 27.5. The van der Waals surface area contributed by atoms with E-state index in [1.54, 1.807) is 41.0 Å². The van der Waals surface area contributed by atoms with Crippen molar-refractivity contribution in [2.45, 2.75) is 25.5 Å². The number of benzene rings is 4. The summed E-state index contributed by atoms with van der Waals surface area (Å²) >= 11 is 1.26. The third-order valence-electron chi connectivity index (χ3n) is 8.02. The number of allylic oxidation sites excluding steroid dienone is 1. The lowest BCUT2D eigenvalue weighted by Crippen LogP contribution is -2.38. The number of para-hydroxylation sites is 1. The molecule has 2 aliphatic rings. The Hall–Kier alpha value is -5.68. The summed E-state index contributed by atoms with van der Waals surface area (Å²) in [5.74, 6) is 0.546. The van der Waals surface area contributed by atoms with E-state index in [-0.39, 0.29) is 23.5 Å². The molecule has 0 unspecified atom stereocenters. The topological polar surface area (TPSA) is 130 Å². The molecule has 10 nitrogen and oxygen atoms in total. The summed E-state index contributed by atoms with van der Waals surface area (Å²) < 4.78 is 8.18. The molecule has 1 aromatic heterocycles. The smallest absolute Gasteiger partial charge is 0.271 e. The number of rotatable bonds is 7. The Morgan fingerprint density at radius 1 is 0.889 bits per heavy atom. The maximum Gasteiger partial charge on any atom is 0.271 e. The summed E-state index contributed by atoms with van der Waals surface area (Å²) in [4.78, 5) is 41.5. The molecule has 0 spiro atoms. The van der Waals surface area contributed by atoms with E-state index in [1.165, 1.54) is 35.1 Å². The number of hydrogen-bond acceptors (Lipinski definition) is 8. The molecule has 45 heavy (non-hydrogen) atoms. The Bertz CT molecular complexity index is 2220. The first-order chi connectivity index (χ1) is 21.9. The standard InChI is InChI=1S/C34H24N4O6S/c39-33-30(19-23-7-2-4-11-29(23)44-20-21-12-15-25(16-13-21)37(40)41)45-34-35-31-27-10-3-1-6-22(27)14-17-28(31)32(36(33)34)24-8-5-9-26(18-24)38(42)43/h1-13,15-16,18-19,32H,14,17,20H2/b30-19-/t32-/m1/s1. The van der Waals surface area contributed by atoms with Crippen LogP contribution < -0.4 is 19.6 Å². The van der Waals surface area contributed by atoms with Crippen LogP contribution in [0.1, 0.15) is 40.3 Å². The van der Waals surface area contributed by atoms with Crippen molar-refractivity contribution in [1.82, 2.24) is 4.57 Å². The van der Waals surface area contributed by atoms with Crippen LogP contribution in [0.4, 0.5) is 11.4 Å². The summed E-state index contributed by atoms with van der Waals surface area (Å²) in [6.45, 7) is 0.184. The molecule has 1 aliphatic carbocycles. The number of aryl methyl sites for hydroxylation is 1. The molecule has 11 heteroatoms. The van der Waals surface area contributed by atoms with E-state index >= 15 is 0 Å². The number of non-ortho nitro benzene ring substituents is 2. The highest BCUT2D eigenvalue weighted by molar-refractivity contribution is 7.07. The molecule has 222 valence electrons. The van der Waals surface area contributed by atoms with Crippen LogP contribution in [0.5, 0.6) is 5.75 Å². The van der Waals surface area contributed by atoms with E-state index in [4.69, 9.17) is 9.73 Å². The van der Waals surface area contributed by atoms with Crippen molar-refractivity contribution in [3.63, 3.8) is 0 Å². The Labute approximate surface area is 259 Å². The van der Waals surface area contributed by atoms with Crippen molar-refractivity contribution in [2.24, 2.45) is 4.99 Å². The lowest BCUT2D eigenvalue weighted by Gasteiger charge is -2.30. The molecule has 0 amide bonds. The van der Waals surface area contributed by atoms with Gasteiger partial charge in [0.1, 0.15) is 12.4 Å². The van der Waals surface area contributed by atoms with Gasteiger partial charge in [0.2, 0.25) is 0 Å². The van der Waals surface area contributed by atoms with Gasteiger partial charge in [0.15, 0.2) is 4.80 Å². The van der Waals surface area contributed by atoms with Crippen LogP contribution in [0, 0.1) is 20.2 Å². The number of nitrogens with zero attached hydrogens (tertiary/aromatic N) is 4. The van der Waals surface area contributed by atoms with Gasteiger partial charge in [-0.2, -0.15) is 0 Å². The molecule has 7 rings (SSSR count). The summed E-state index contributed by atoms with van der Waals surface area (Å²) in [7, 11) is 0. The Balaban J connectivity index is 1.33. The van der Waals surface area contributed by atoms with Gasteiger partial charge in [0.25, 0.3) is 16.9 Å². The zero-order chi connectivity index (χ0) is 31.1. The lowest BCUT2D eigenvalue weighted by molar-refractivity contribution is -0.385. The summed E-state index contributed by atoms with van der Waals surface area (Å²) in [6.07, 6.45) is 3.22. The minimum atomic E-state index is -0.541. The predicted molar refractivity (Wildman–Crippen MR) is 170 cm³/mol. The third kappa shape index (κ3) is 5.23. The van der Waals surface area contributed by atoms with Crippen molar-refractivity contribution < 1.29 is 14.6 Å². The second-order valence-electron chi connectivity index (χ2n) is 10.7. The zero-order valence-corrected chi connectivity index (χ0v) is 24.5. The Kier molecular flexibility index (Phi) is 7.14. The number of thiazole rings is 1. The predicted octanol–water partition coefficient (Wildman–Crippen LogP) is 5.71. The van der Waals surface area contributed by atoms with Gasteiger partial charge in [-0.25, -0.2) is 4.99 Å². The summed E-state index contributed by atoms with van der Waals surface area (Å²) in [5.41, 5.74) is 5.78. The Morgan fingerprint density at radius 3 is 2.44 bits per heavy atom. The van der Waals surface area contributed by atoms with Crippen LogP contribution in [0.15, 0.2) is 112 Å². The second kappa shape index (κ2) is 11.4. The SMILES string of the molecule is O=c1/c(=C/c2ccccc2OCc2ccc([N+](=O)[O-])cc2)sc2n1[C@H](c1cccc([N+](=O)[O-])c1)C1=C(N=2)c2ccccc2CC1. The summed E-state index contributed by atoms with van der Waals surface area (Å²) in [5, 5.41) is 22.7. The molecular formula is C34H24N4O6S. The van der Waals surface area contributed by atoms with E-state index in [0.29, 0.717) is 32.6 Å². The molecule has 2 heterocycles. The fraction of sp³-hybridized carbons (Fsp3) is 0.118. The number of nitro groups is 2. The molecule has 0 radical (unpaired) electrons. The first-order valence-electron chi connectivity index (χ1n) is 14.2. The normalized spacial score (nSPS) is 15.5. The molecule has 0 saturated heterocycles. The number of hydrogen-bond donors (Lipinski definition) is 0. The van der Waals surface area contributed by atoms with Crippen molar-refractivity contribution in [1.29, 1.82) is 0 Å². The molecular weight excluding hydrogens is 592 g/mol. The average molecular weight is 617 g/mol. The first kappa shape index (κ1) is 28.1. The number of aromatic nitrogens is 1. The highest BCUT2D eigenvalue weighted by Gasteiger charge is 2.33. The van der Waals surface area contributed by atoms with E-state index in [1.807, 2.05) is 42.5 Å². The van der Waals surface area contributed by atoms with Crippen LogP contribution >= 0.6 is 11.3 Å². The zero-order valence-electron chi connectivity index (χ0n) is 23.7. The largest absolute Gasteiger partial charge is 0.488 e. The van der Waals surface area contributed by atoms with E-state index < -0.39 is 15.9 Å². The van der Waals surface area contributed by atoms with Crippen molar-refractivity contribution >= 4 is 34.5 Å². The minimum Gasteiger partial charge on any atom is -0.488 e. The van der Waals surface area contributed by atoms with E-state index in [2.05, 4.69) is 6.07 Å². The molecule has 0 bridgehead atoms. The maximum absolute atomic E-state index is 14.1. The molecule has 0 N–H and O–H groups in total. The van der Waals surface area contributed by atoms with E-state index in [9.17, 15) is 25.0 Å². The maximum atomic E-state index is 14.1. The third-order valence-corrected chi connectivity index (χ3v) is 9.00. The van der Waals surface area contributed by atoms with Gasteiger partial charge in [0.05, 0.1) is 26.1 Å². The molecule has 4 aromatic carbocycles. The van der Waals surface area contributed by atoms with Crippen LogP contribution in [-0.4, -0.2) is 14.4 Å². The number of ether oxygens (including phenoxy) is 1. The quantitative estimate of drug-likeness (QED) is 0.170. The van der Waals surface area contributed by atoms with Gasteiger partial charge in [-0.15, -0.1) is 0 Å². The van der Waals surface area contributed by atoms with Crippen molar-refractivity contribution in [3.05, 3.63) is 170 Å². The van der Waals surface area contributed by atoms with Gasteiger partial charge >= 0.3 is 0 Å². The fourth-order valence-corrected chi connectivity index (χ4v) is 6.87. The lowest BCUT2D eigenvalue weighted by atomic mass is 9.83. The highest BCUT2D eigenvalue weighted by atomic mass is 32.1. The second-order valence-corrected chi connectivity index (χ2v) is 11.7. The van der Waals surface area contributed by atoms with Gasteiger partial charge < -0.3 is 4.74 Å². The molecule has 1 aliphatic heterocycles. The molecule has 0 saturated carbocycles. The monoisotopic (exact) mass is 616 g/mol. The van der Waals surface area contributed by atoms with Crippen LogP contribution in [0.3, 0.4) is 0 Å². The van der Waals surface area contributed by atoms with Gasteiger partial charge in [-0.3, -0.25) is 29.6 Å². The van der Waals surface area contributed by atoms with E-state index in [0.717, 1.165) is 28.8 Å². The Morgan fingerprint density at radius 2 is 1.64 bits per heavy atom. The highest BCUT2D eigenvalue weighted by Crippen LogP contribution is 2.41. The number of nitro benzene ring substituents is 2. The van der Waals surface area contributed by atoms with Gasteiger partial charge in [-0.1, -0.05) is 65.9 Å². The van der Waals surface area contributed by atoms with Crippen LogP contribution in [0.25, 0.3) is 11.8 Å². The molecule has 0 fully saturated rings. The van der Waals surface area contributed by atoms with Gasteiger partial charge in [-0.05, 0) is 59.4 Å². The average Bonchev–Trinajstić information content (AvgIpc) is 3.37. The minimum absolute atomic E-state index is 0.00287. The first-order valence-corrected chi connectivity index (χ1v) is 15.0. The van der Waals surface area contributed by atoms with Crippen molar-refractivity contribution in [3.8, 4) is 5.75 Å². The fourth-order valence-electron chi connectivity index (χ4n) is 5.88. The molecule has 1 atom stereocenters.